The van der Waals surface area contributed by atoms with Gasteiger partial charge in [-0.15, -0.1) is 0 Å². The summed E-state index contributed by atoms with van der Waals surface area (Å²) in [4.78, 5) is 14.6. The van der Waals surface area contributed by atoms with Gasteiger partial charge in [-0.1, -0.05) is 29.8 Å². The number of likely N-dealkylation sites (tertiary alicyclic amines) is 1. The Morgan fingerprint density at radius 1 is 1.11 bits per heavy atom. The second kappa shape index (κ2) is 7.22. The molecule has 4 rings (SSSR count). The number of benzene rings is 2. The Morgan fingerprint density at radius 3 is 2.46 bits per heavy atom. The third-order valence-corrected chi connectivity index (χ3v) is 6.91. The van der Waals surface area contributed by atoms with Gasteiger partial charge in [0.15, 0.2) is 0 Å². The van der Waals surface area contributed by atoms with Crippen molar-refractivity contribution in [2.45, 2.75) is 31.2 Å². The predicted octanol–water partition coefficient (Wildman–Crippen LogP) is 3.38. The number of hydrogen-bond acceptors (Lipinski definition) is 5. The molecule has 1 fully saturated rings. The zero-order valence-electron chi connectivity index (χ0n) is 15.4. The first-order valence-electron chi connectivity index (χ1n) is 9.12. The standard InChI is InChI=1S/C20H20ClN3O3S/c1-14-4-9-18-17(12-14)24(13-15-5-7-16(21)8-6-15)22-19(28(18,26)27)20(25)23-10-2-3-11-23/h4-9,12H,2-3,10-11,13H2,1H3. The number of hydrogen-bond donors (Lipinski definition) is 0. The summed E-state index contributed by atoms with van der Waals surface area (Å²) in [6.45, 7) is 3.35. The van der Waals surface area contributed by atoms with E-state index in [9.17, 15) is 13.2 Å². The van der Waals surface area contributed by atoms with Gasteiger partial charge in [-0.05, 0) is 55.2 Å². The normalized spacial score (nSPS) is 18.0. The molecular weight excluding hydrogens is 398 g/mol. The molecule has 0 spiro atoms. The van der Waals surface area contributed by atoms with E-state index in [1.807, 2.05) is 19.1 Å². The molecule has 0 aromatic heterocycles. The molecule has 2 aliphatic heterocycles. The number of nitrogens with zero attached hydrogens (tertiary/aromatic N) is 3. The van der Waals surface area contributed by atoms with Crippen molar-refractivity contribution in [3.8, 4) is 0 Å². The molecule has 28 heavy (non-hydrogen) atoms. The molecule has 146 valence electrons. The molecule has 0 atom stereocenters. The van der Waals surface area contributed by atoms with Crippen LogP contribution in [0.4, 0.5) is 5.69 Å². The number of amides is 1. The minimum atomic E-state index is -3.97. The molecule has 0 N–H and O–H groups in total. The lowest BCUT2D eigenvalue weighted by Gasteiger charge is -2.29. The first-order chi connectivity index (χ1) is 13.4. The average Bonchev–Trinajstić information content (AvgIpc) is 3.20. The van der Waals surface area contributed by atoms with E-state index in [0.717, 1.165) is 24.0 Å². The average molecular weight is 418 g/mol. The Kier molecular flexibility index (Phi) is 4.89. The Balaban J connectivity index is 1.79. The molecule has 0 saturated carbocycles. The van der Waals surface area contributed by atoms with Gasteiger partial charge in [0, 0.05) is 18.1 Å². The number of hydrazone groups is 1. The summed E-state index contributed by atoms with van der Waals surface area (Å²) in [5.74, 6) is -0.523. The van der Waals surface area contributed by atoms with E-state index >= 15 is 0 Å². The highest BCUT2D eigenvalue weighted by Crippen LogP contribution is 2.34. The van der Waals surface area contributed by atoms with Crippen LogP contribution in [-0.2, 0) is 21.2 Å². The number of rotatable bonds is 3. The van der Waals surface area contributed by atoms with Crippen molar-refractivity contribution < 1.29 is 13.2 Å². The maximum Gasteiger partial charge on any atom is 0.286 e. The summed E-state index contributed by atoms with van der Waals surface area (Å²) in [6, 6.07) is 12.3. The lowest BCUT2D eigenvalue weighted by molar-refractivity contribution is -0.122. The molecule has 6 nitrogen and oxygen atoms in total. The molecule has 1 amide bonds. The highest BCUT2D eigenvalue weighted by molar-refractivity contribution is 8.08. The SMILES string of the molecule is Cc1ccc2c(c1)N(Cc1ccc(Cl)cc1)N=C(C(=O)N1CCCC1)S2(=O)=O. The van der Waals surface area contributed by atoms with Gasteiger partial charge in [-0.2, -0.15) is 5.10 Å². The topological polar surface area (TPSA) is 70.1 Å². The van der Waals surface area contributed by atoms with E-state index in [2.05, 4.69) is 5.10 Å². The van der Waals surface area contributed by atoms with Gasteiger partial charge in [-0.3, -0.25) is 9.80 Å². The van der Waals surface area contributed by atoms with Crippen LogP contribution >= 0.6 is 11.6 Å². The zero-order chi connectivity index (χ0) is 19.9. The van der Waals surface area contributed by atoms with Crippen molar-refractivity contribution in [2.24, 2.45) is 5.10 Å². The van der Waals surface area contributed by atoms with Crippen molar-refractivity contribution in [3.05, 3.63) is 58.6 Å². The smallest absolute Gasteiger partial charge is 0.286 e. The summed E-state index contributed by atoms with van der Waals surface area (Å²) in [6.07, 6.45) is 1.76. The fourth-order valence-corrected chi connectivity index (χ4v) is 5.06. The maximum absolute atomic E-state index is 13.1. The van der Waals surface area contributed by atoms with Crippen LogP contribution in [0.1, 0.15) is 24.0 Å². The summed E-state index contributed by atoms with van der Waals surface area (Å²) >= 11 is 5.96. The number of anilines is 1. The molecule has 0 bridgehead atoms. The van der Waals surface area contributed by atoms with Gasteiger partial charge in [0.1, 0.15) is 0 Å². The van der Waals surface area contributed by atoms with Crippen molar-refractivity contribution in [1.82, 2.24) is 4.90 Å². The van der Waals surface area contributed by atoms with Gasteiger partial charge < -0.3 is 4.90 Å². The number of halogens is 1. The number of fused-ring (bicyclic) bond motifs is 1. The lowest BCUT2D eigenvalue weighted by atomic mass is 10.2. The Labute approximate surface area is 169 Å². The first-order valence-corrected chi connectivity index (χ1v) is 11.0. The van der Waals surface area contributed by atoms with E-state index < -0.39 is 20.8 Å². The first kappa shape index (κ1) is 19.0. The second-order valence-corrected chi connectivity index (χ2v) is 9.33. The maximum atomic E-state index is 13.1. The van der Waals surface area contributed by atoms with Crippen molar-refractivity contribution in [3.63, 3.8) is 0 Å². The van der Waals surface area contributed by atoms with E-state index in [0.29, 0.717) is 30.3 Å². The van der Waals surface area contributed by atoms with Crippen LogP contribution < -0.4 is 5.01 Å². The van der Waals surface area contributed by atoms with Crippen molar-refractivity contribution in [2.75, 3.05) is 18.1 Å². The van der Waals surface area contributed by atoms with Gasteiger partial charge >= 0.3 is 0 Å². The van der Waals surface area contributed by atoms with Crippen LogP contribution in [0.2, 0.25) is 5.02 Å². The molecule has 1 saturated heterocycles. The number of carbonyl (C=O) groups excluding carboxylic acids is 1. The van der Waals surface area contributed by atoms with Crippen molar-refractivity contribution >= 4 is 38.1 Å². The van der Waals surface area contributed by atoms with Gasteiger partial charge in [0.2, 0.25) is 14.9 Å². The van der Waals surface area contributed by atoms with Gasteiger partial charge in [0.25, 0.3) is 5.91 Å². The third kappa shape index (κ3) is 3.40. The van der Waals surface area contributed by atoms with Crippen LogP contribution in [-0.4, -0.2) is 37.4 Å². The summed E-state index contributed by atoms with van der Waals surface area (Å²) in [5, 5.41) is 6.13. The van der Waals surface area contributed by atoms with Crippen LogP contribution in [0, 0.1) is 6.92 Å². The fraction of sp³-hybridized carbons (Fsp3) is 0.300. The number of sulfone groups is 1. The minimum Gasteiger partial charge on any atom is -0.337 e. The third-order valence-electron chi connectivity index (χ3n) is 4.97. The van der Waals surface area contributed by atoms with Crippen LogP contribution in [0.3, 0.4) is 0 Å². The lowest BCUT2D eigenvalue weighted by Crippen LogP contribution is -2.42. The zero-order valence-corrected chi connectivity index (χ0v) is 17.0. The molecule has 0 unspecified atom stereocenters. The summed E-state index contributed by atoms with van der Waals surface area (Å²) in [5.41, 5.74) is 2.31. The van der Waals surface area contributed by atoms with E-state index in [1.165, 1.54) is 0 Å². The number of carbonyl (C=O) groups is 1. The fourth-order valence-electron chi connectivity index (χ4n) is 3.47. The van der Waals surface area contributed by atoms with Crippen LogP contribution in [0.15, 0.2) is 52.5 Å². The highest BCUT2D eigenvalue weighted by Gasteiger charge is 2.39. The quantitative estimate of drug-likeness (QED) is 0.767. The molecule has 8 heteroatoms. The Hall–Kier alpha value is -2.38. The van der Waals surface area contributed by atoms with Gasteiger partial charge in [-0.25, -0.2) is 8.42 Å². The van der Waals surface area contributed by atoms with Crippen molar-refractivity contribution in [1.29, 1.82) is 0 Å². The molecule has 2 aromatic rings. The molecule has 2 heterocycles. The van der Waals surface area contributed by atoms with Crippen LogP contribution in [0.25, 0.3) is 0 Å². The molecule has 2 aromatic carbocycles. The van der Waals surface area contributed by atoms with Gasteiger partial charge in [0.05, 0.1) is 17.1 Å². The number of aryl methyl sites for hydroxylation is 1. The summed E-state index contributed by atoms with van der Waals surface area (Å²) in [7, 11) is -3.97. The molecule has 0 aliphatic carbocycles. The largest absolute Gasteiger partial charge is 0.337 e. The molecular formula is C20H20ClN3O3S. The predicted molar refractivity (Wildman–Crippen MR) is 109 cm³/mol. The van der Waals surface area contributed by atoms with Crippen LogP contribution in [0.5, 0.6) is 0 Å². The monoisotopic (exact) mass is 417 g/mol. The molecule has 0 radical (unpaired) electrons. The highest BCUT2D eigenvalue weighted by atomic mass is 35.5. The molecule has 2 aliphatic rings. The van der Waals surface area contributed by atoms with E-state index in [1.54, 1.807) is 40.2 Å². The Bertz CT molecular complexity index is 1060. The Morgan fingerprint density at radius 2 is 1.79 bits per heavy atom. The minimum absolute atomic E-state index is 0.115. The van der Waals surface area contributed by atoms with E-state index in [-0.39, 0.29) is 4.90 Å². The summed E-state index contributed by atoms with van der Waals surface area (Å²) < 4.78 is 26.3. The second-order valence-electron chi connectivity index (χ2n) is 7.06. The van der Waals surface area contributed by atoms with E-state index in [4.69, 9.17) is 11.6 Å².